The lowest BCUT2D eigenvalue weighted by atomic mass is 9.75. The van der Waals surface area contributed by atoms with Crippen LogP contribution >= 0.6 is 0 Å². The molecule has 1 saturated carbocycles. The molecule has 0 bridgehead atoms. The maximum Gasteiger partial charge on any atom is 0.225 e. The molecule has 3 nitrogen and oxygen atoms in total. The Hall–Kier alpha value is -0.570. The molecule has 1 heterocycles. The molecule has 0 spiro atoms. The number of amides is 1. The first-order valence-corrected chi connectivity index (χ1v) is 7.70. The maximum absolute atomic E-state index is 12.2. The van der Waals surface area contributed by atoms with Gasteiger partial charge in [-0.15, -0.1) is 0 Å². The van der Waals surface area contributed by atoms with Crippen molar-refractivity contribution in [3.05, 3.63) is 0 Å². The summed E-state index contributed by atoms with van der Waals surface area (Å²) >= 11 is 0. The summed E-state index contributed by atoms with van der Waals surface area (Å²) in [6.45, 7) is 5.30. The quantitative estimate of drug-likeness (QED) is 0.807. The fourth-order valence-electron chi connectivity index (χ4n) is 3.33. The summed E-state index contributed by atoms with van der Waals surface area (Å²) in [5.74, 6) is 1.06. The van der Waals surface area contributed by atoms with Crippen molar-refractivity contribution in [2.24, 2.45) is 11.3 Å². The predicted molar refractivity (Wildman–Crippen MR) is 74.4 cm³/mol. The van der Waals surface area contributed by atoms with Crippen LogP contribution in [0.4, 0.5) is 0 Å². The topological polar surface area (TPSA) is 41.1 Å². The van der Waals surface area contributed by atoms with Gasteiger partial charge in [-0.25, -0.2) is 0 Å². The first-order valence-electron chi connectivity index (χ1n) is 7.70. The molecule has 2 fully saturated rings. The number of hydrogen-bond donors (Lipinski definition) is 2. The standard InChI is InChI=1S/C15H28N2O/c1-15(8-3-2-4-9-15)14(18)17-11-7-13-6-5-10-16-12-13/h13,16H,2-12H2,1H3,(H,17,18). The Kier molecular flexibility index (Phi) is 5.04. The zero-order valence-corrected chi connectivity index (χ0v) is 11.8. The number of rotatable bonds is 4. The van der Waals surface area contributed by atoms with Crippen molar-refractivity contribution in [1.29, 1.82) is 0 Å². The molecule has 1 atom stereocenters. The van der Waals surface area contributed by atoms with Gasteiger partial charge in [-0.05, 0) is 51.1 Å². The fraction of sp³-hybridized carbons (Fsp3) is 0.933. The molecule has 18 heavy (non-hydrogen) atoms. The molecule has 0 aromatic heterocycles. The lowest BCUT2D eigenvalue weighted by Gasteiger charge is -2.32. The minimum Gasteiger partial charge on any atom is -0.356 e. The molecule has 1 amide bonds. The number of nitrogens with one attached hydrogen (secondary N) is 2. The van der Waals surface area contributed by atoms with E-state index in [9.17, 15) is 4.79 Å². The van der Waals surface area contributed by atoms with E-state index in [1.807, 2.05) is 0 Å². The van der Waals surface area contributed by atoms with E-state index in [0.29, 0.717) is 5.91 Å². The van der Waals surface area contributed by atoms with E-state index < -0.39 is 0 Å². The molecule has 2 rings (SSSR count). The third-order valence-corrected chi connectivity index (χ3v) is 4.74. The van der Waals surface area contributed by atoms with E-state index in [1.54, 1.807) is 0 Å². The maximum atomic E-state index is 12.2. The molecule has 3 heteroatoms. The van der Waals surface area contributed by atoms with Crippen LogP contribution in [0.15, 0.2) is 0 Å². The molecule has 0 aromatic carbocycles. The second-order valence-electron chi connectivity index (χ2n) is 6.38. The van der Waals surface area contributed by atoms with Gasteiger partial charge in [0.2, 0.25) is 5.91 Å². The van der Waals surface area contributed by atoms with Crippen molar-refractivity contribution in [3.8, 4) is 0 Å². The first kappa shape index (κ1) is 13.9. The molecule has 0 radical (unpaired) electrons. The van der Waals surface area contributed by atoms with E-state index in [2.05, 4.69) is 17.6 Å². The Balaban J connectivity index is 1.67. The summed E-state index contributed by atoms with van der Waals surface area (Å²) in [5.41, 5.74) is -0.0803. The lowest BCUT2D eigenvalue weighted by Crippen LogP contribution is -2.41. The second kappa shape index (κ2) is 6.55. The molecule has 1 unspecified atom stereocenters. The monoisotopic (exact) mass is 252 g/mol. The van der Waals surface area contributed by atoms with Crippen LogP contribution in [0.1, 0.15) is 58.3 Å². The summed E-state index contributed by atoms with van der Waals surface area (Å²) in [6, 6.07) is 0. The van der Waals surface area contributed by atoms with E-state index in [4.69, 9.17) is 0 Å². The smallest absolute Gasteiger partial charge is 0.225 e. The van der Waals surface area contributed by atoms with Gasteiger partial charge >= 0.3 is 0 Å². The van der Waals surface area contributed by atoms with Crippen LogP contribution in [0.3, 0.4) is 0 Å². The summed E-state index contributed by atoms with van der Waals surface area (Å²) in [5, 5.41) is 6.60. The minimum atomic E-state index is -0.0803. The zero-order chi connectivity index (χ0) is 12.8. The zero-order valence-electron chi connectivity index (χ0n) is 11.8. The molecule has 1 saturated heterocycles. The van der Waals surface area contributed by atoms with E-state index in [0.717, 1.165) is 38.3 Å². The second-order valence-corrected chi connectivity index (χ2v) is 6.38. The molecular weight excluding hydrogens is 224 g/mol. The van der Waals surface area contributed by atoms with Crippen molar-refractivity contribution in [2.75, 3.05) is 19.6 Å². The Morgan fingerprint density at radius 3 is 2.72 bits per heavy atom. The Morgan fingerprint density at radius 1 is 1.28 bits per heavy atom. The Labute approximate surface area is 111 Å². The van der Waals surface area contributed by atoms with Gasteiger partial charge in [0.05, 0.1) is 0 Å². The fourth-order valence-corrected chi connectivity index (χ4v) is 3.33. The number of hydrogen-bond acceptors (Lipinski definition) is 2. The van der Waals surface area contributed by atoms with Gasteiger partial charge in [0, 0.05) is 12.0 Å². The van der Waals surface area contributed by atoms with Crippen LogP contribution in [-0.4, -0.2) is 25.5 Å². The Morgan fingerprint density at radius 2 is 2.06 bits per heavy atom. The molecular formula is C15H28N2O. The third kappa shape index (κ3) is 3.71. The third-order valence-electron chi connectivity index (χ3n) is 4.74. The van der Waals surface area contributed by atoms with Gasteiger partial charge in [0.1, 0.15) is 0 Å². The van der Waals surface area contributed by atoms with Gasteiger partial charge < -0.3 is 10.6 Å². The van der Waals surface area contributed by atoms with Crippen molar-refractivity contribution in [1.82, 2.24) is 10.6 Å². The van der Waals surface area contributed by atoms with Crippen molar-refractivity contribution in [2.45, 2.75) is 58.3 Å². The molecule has 0 aromatic rings. The highest BCUT2D eigenvalue weighted by Gasteiger charge is 2.34. The van der Waals surface area contributed by atoms with Gasteiger partial charge in [-0.2, -0.15) is 0 Å². The minimum absolute atomic E-state index is 0.0803. The largest absolute Gasteiger partial charge is 0.356 e. The van der Waals surface area contributed by atoms with E-state index in [1.165, 1.54) is 38.6 Å². The number of carbonyl (C=O) groups is 1. The number of piperidine rings is 1. The highest BCUT2D eigenvalue weighted by molar-refractivity contribution is 5.82. The summed E-state index contributed by atoms with van der Waals surface area (Å²) in [6.07, 6.45) is 9.63. The van der Waals surface area contributed by atoms with Crippen molar-refractivity contribution in [3.63, 3.8) is 0 Å². The molecule has 1 aliphatic carbocycles. The lowest BCUT2D eigenvalue weighted by molar-refractivity contribution is -0.131. The molecule has 2 aliphatic rings. The highest BCUT2D eigenvalue weighted by Crippen LogP contribution is 2.35. The summed E-state index contributed by atoms with van der Waals surface area (Å²) in [7, 11) is 0. The van der Waals surface area contributed by atoms with Crippen LogP contribution in [0.5, 0.6) is 0 Å². The normalized spacial score (nSPS) is 27.7. The van der Waals surface area contributed by atoms with E-state index >= 15 is 0 Å². The molecule has 104 valence electrons. The first-order chi connectivity index (χ1) is 8.71. The Bertz CT molecular complexity index is 266. The summed E-state index contributed by atoms with van der Waals surface area (Å²) < 4.78 is 0. The average molecular weight is 252 g/mol. The molecule has 1 aliphatic heterocycles. The van der Waals surface area contributed by atoms with Crippen LogP contribution in [0, 0.1) is 11.3 Å². The predicted octanol–water partition coefficient (Wildman–Crippen LogP) is 2.46. The van der Waals surface area contributed by atoms with E-state index in [-0.39, 0.29) is 5.41 Å². The summed E-state index contributed by atoms with van der Waals surface area (Å²) in [4.78, 5) is 12.2. The van der Waals surface area contributed by atoms with Gasteiger partial charge in [-0.3, -0.25) is 4.79 Å². The van der Waals surface area contributed by atoms with Gasteiger partial charge in [0.25, 0.3) is 0 Å². The van der Waals surface area contributed by atoms with Gasteiger partial charge in [0.15, 0.2) is 0 Å². The van der Waals surface area contributed by atoms with Crippen LogP contribution in [0.25, 0.3) is 0 Å². The molecule has 2 N–H and O–H groups in total. The van der Waals surface area contributed by atoms with Crippen molar-refractivity contribution < 1.29 is 4.79 Å². The highest BCUT2D eigenvalue weighted by atomic mass is 16.2. The van der Waals surface area contributed by atoms with Gasteiger partial charge in [-0.1, -0.05) is 26.2 Å². The van der Waals surface area contributed by atoms with Crippen LogP contribution < -0.4 is 10.6 Å². The number of carbonyl (C=O) groups excluding carboxylic acids is 1. The van der Waals surface area contributed by atoms with Crippen molar-refractivity contribution >= 4 is 5.91 Å². The van der Waals surface area contributed by atoms with Crippen LogP contribution in [-0.2, 0) is 4.79 Å². The average Bonchev–Trinajstić information content (AvgIpc) is 2.41. The SMILES string of the molecule is CC1(C(=O)NCCC2CCCNC2)CCCCC1. The van der Waals surface area contributed by atoms with Crippen LogP contribution in [0.2, 0.25) is 0 Å².